The summed E-state index contributed by atoms with van der Waals surface area (Å²) in [6, 6.07) is 7.10. The second-order valence-corrected chi connectivity index (χ2v) is 7.05. The molecule has 106 valence electrons. The van der Waals surface area contributed by atoms with Crippen LogP contribution in [0.2, 0.25) is 0 Å². The average Bonchev–Trinajstić information content (AvgIpc) is 2.32. The van der Waals surface area contributed by atoms with Gasteiger partial charge in [-0.2, -0.15) is 0 Å². The van der Waals surface area contributed by atoms with E-state index in [0.717, 1.165) is 12.1 Å². The molecule has 0 aliphatic carbocycles. The lowest BCUT2D eigenvalue weighted by molar-refractivity contribution is 0.549. The number of nitrogen functional groups attached to an aromatic ring is 1. The Kier molecular flexibility index (Phi) is 4.10. The monoisotopic (exact) mass is 361 g/mol. The molecular weight excluding hydrogens is 352 g/mol. The van der Waals surface area contributed by atoms with Crippen molar-refractivity contribution in [3.8, 4) is 0 Å². The molecule has 0 aliphatic heterocycles. The molecule has 0 saturated heterocycles. The van der Waals surface area contributed by atoms with Gasteiger partial charge in [-0.25, -0.2) is 17.2 Å². The van der Waals surface area contributed by atoms with Gasteiger partial charge in [0.05, 0.1) is 5.75 Å². The van der Waals surface area contributed by atoms with E-state index in [-0.39, 0.29) is 5.69 Å². The minimum absolute atomic E-state index is 0.283. The molecule has 0 radical (unpaired) electrons. The van der Waals surface area contributed by atoms with Crippen LogP contribution >= 0.6 is 15.9 Å². The molecule has 3 nitrogen and oxygen atoms in total. The van der Waals surface area contributed by atoms with Crippen molar-refractivity contribution >= 4 is 31.5 Å². The SMILES string of the molecule is Nc1cc(Br)ccc1CS(=O)(=O)c1ccc(F)cc1F. The molecule has 20 heavy (non-hydrogen) atoms. The lowest BCUT2D eigenvalue weighted by Crippen LogP contribution is -2.09. The van der Waals surface area contributed by atoms with E-state index in [2.05, 4.69) is 15.9 Å². The molecule has 2 aromatic rings. The second kappa shape index (κ2) is 5.49. The smallest absolute Gasteiger partial charge is 0.185 e. The van der Waals surface area contributed by atoms with E-state index in [1.807, 2.05) is 0 Å². The maximum absolute atomic E-state index is 13.6. The molecule has 0 unspecified atom stereocenters. The van der Waals surface area contributed by atoms with Crippen LogP contribution in [0.25, 0.3) is 0 Å². The highest BCUT2D eigenvalue weighted by atomic mass is 79.9. The van der Waals surface area contributed by atoms with Crippen molar-refractivity contribution in [2.75, 3.05) is 5.73 Å². The van der Waals surface area contributed by atoms with Crippen molar-refractivity contribution in [2.24, 2.45) is 0 Å². The quantitative estimate of drug-likeness (QED) is 0.673. The topological polar surface area (TPSA) is 60.2 Å². The zero-order valence-corrected chi connectivity index (χ0v) is 12.5. The fraction of sp³-hybridized carbons (Fsp3) is 0.0769. The van der Waals surface area contributed by atoms with E-state index in [1.54, 1.807) is 18.2 Å². The first-order valence-corrected chi connectivity index (χ1v) is 7.96. The highest BCUT2D eigenvalue weighted by Crippen LogP contribution is 2.25. The zero-order chi connectivity index (χ0) is 14.9. The lowest BCUT2D eigenvalue weighted by atomic mass is 10.2. The number of rotatable bonds is 3. The van der Waals surface area contributed by atoms with Gasteiger partial charge in [-0.3, -0.25) is 0 Å². The van der Waals surface area contributed by atoms with E-state index in [9.17, 15) is 17.2 Å². The maximum Gasteiger partial charge on any atom is 0.185 e. The van der Waals surface area contributed by atoms with Crippen LogP contribution in [-0.2, 0) is 15.6 Å². The van der Waals surface area contributed by atoms with Crippen LogP contribution in [-0.4, -0.2) is 8.42 Å². The molecule has 0 aliphatic rings. The minimum atomic E-state index is -3.93. The molecule has 2 N–H and O–H groups in total. The van der Waals surface area contributed by atoms with E-state index < -0.39 is 32.1 Å². The Balaban J connectivity index is 2.41. The van der Waals surface area contributed by atoms with Gasteiger partial charge < -0.3 is 5.73 Å². The van der Waals surface area contributed by atoms with Crippen molar-refractivity contribution in [1.82, 2.24) is 0 Å². The highest BCUT2D eigenvalue weighted by Gasteiger charge is 2.21. The first-order valence-electron chi connectivity index (χ1n) is 5.51. The second-order valence-electron chi connectivity index (χ2n) is 4.18. The highest BCUT2D eigenvalue weighted by molar-refractivity contribution is 9.10. The van der Waals surface area contributed by atoms with Crippen molar-refractivity contribution in [1.29, 1.82) is 0 Å². The predicted octanol–water partition coefficient (Wildman–Crippen LogP) is 3.28. The van der Waals surface area contributed by atoms with Crippen LogP contribution in [0.1, 0.15) is 5.56 Å². The summed E-state index contributed by atoms with van der Waals surface area (Å²) in [5.41, 5.74) is 6.36. The number of sulfone groups is 1. The van der Waals surface area contributed by atoms with Gasteiger partial charge >= 0.3 is 0 Å². The van der Waals surface area contributed by atoms with E-state index in [4.69, 9.17) is 5.73 Å². The molecule has 0 spiro atoms. The first kappa shape index (κ1) is 14.9. The average molecular weight is 362 g/mol. The largest absolute Gasteiger partial charge is 0.398 e. The van der Waals surface area contributed by atoms with Gasteiger partial charge in [0, 0.05) is 16.2 Å². The summed E-state index contributed by atoms with van der Waals surface area (Å²) in [6.07, 6.45) is 0. The molecular formula is C13H10BrF2NO2S. The maximum atomic E-state index is 13.6. The summed E-state index contributed by atoms with van der Waals surface area (Å²) >= 11 is 3.21. The van der Waals surface area contributed by atoms with E-state index >= 15 is 0 Å². The fourth-order valence-corrected chi connectivity index (χ4v) is 3.55. The first-order chi connectivity index (χ1) is 9.29. The summed E-state index contributed by atoms with van der Waals surface area (Å²) < 4.78 is 51.4. The van der Waals surface area contributed by atoms with Crippen LogP contribution < -0.4 is 5.73 Å². The number of nitrogens with two attached hydrogens (primary N) is 1. The van der Waals surface area contributed by atoms with Gasteiger partial charge in [0.25, 0.3) is 0 Å². The normalized spacial score (nSPS) is 11.6. The summed E-state index contributed by atoms with van der Waals surface area (Å²) in [5, 5.41) is 0. The number of halogens is 3. The summed E-state index contributed by atoms with van der Waals surface area (Å²) in [6.45, 7) is 0. The number of benzene rings is 2. The van der Waals surface area contributed by atoms with Crippen LogP contribution in [0.4, 0.5) is 14.5 Å². The van der Waals surface area contributed by atoms with Crippen LogP contribution in [0.15, 0.2) is 45.8 Å². The third-order valence-corrected chi connectivity index (χ3v) is 4.87. The third kappa shape index (κ3) is 3.16. The lowest BCUT2D eigenvalue weighted by Gasteiger charge is -2.08. The molecule has 0 amide bonds. The van der Waals surface area contributed by atoms with Gasteiger partial charge in [-0.05, 0) is 29.8 Å². The molecule has 0 bridgehead atoms. The Morgan fingerprint density at radius 3 is 2.40 bits per heavy atom. The van der Waals surface area contributed by atoms with Gasteiger partial charge in [0.15, 0.2) is 9.84 Å². The summed E-state index contributed by atoms with van der Waals surface area (Å²) in [7, 11) is -3.93. The van der Waals surface area contributed by atoms with Gasteiger partial charge in [-0.1, -0.05) is 22.0 Å². The molecule has 0 aromatic heterocycles. The fourth-order valence-electron chi connectivity index (χ4n) is 1.71. The Bertz CT molecular complexity index is 763. The molecule has 7 heteroatoms. The van der Waals surface area contributed by atoms with E-state index in [1.165, 1.54) is 0 Å². The Morgan fingerprint density at radius 2 is 1.80 bits per heavy atom. The van der Waals surface area contributed by atoms with Crippen molar-refractivity contribution in [3.05, 3.63) is 58.1 Å². The van der Waals surface area contributed by atoms with Crippen LogP contribution in [0.3, 0.4) is 0 Å². The predicted molar refractivity (Wildman–Crippen MR) is 75.8 cm³/mol. The Hall–Kier alpha value is -1.47. The molecule has 0 heterocycles. The number of anilines is 1. The summed E-state index contributed by atoms with van der Waals surface area (Å²) in [4.78, 5) is -0.541. The van der Waals surface area contributed by atoms with Crippen LogP contribution in [0, 0.1) is 11.6 Å². The zero-order valence-electron chi connectivity index (χ0n) is 10.1. The standard InChI is InChI=1S/C13H10BrF2NO2S/c14-9-2-1-8(12(17)5-9)7-20(18,19)13-4-3-10(15)6-11(13)16/h1-6H,7,17H2. The minimum Gasteiger partial charge on any atom is -0.398 e. The van der Waals surface area contributed by atoms with Gasteiger partial charge in [0.1, 0.15) is 16.5 Å². The molecule has 0 saturated carbocycles. The molecule has 2 aromatic carbocycles. The van der Waals surface area contributed by atoms with Gasteiger partial charge in [0.2, 0.25) is 0 Å². The summed E-state index contributed by atoms with van der Waals surface area (Å²) in [5.74, 6) is -2.39. The molecule has 2 rings (SSSR count). The Labute approximate surface area is 123 Å². The number of hydrogen-bond donors (Lipinski definition) is 1. The number of hydrogen-bond acceptors (Lipinski definition) is 3. The van der Waals surface area contributed by atoms with Crippen molar-refractivity contribution in [3.63, 3.8) is 0 Å². The van der Waals surface area contributed by atoms with Crippen molar-refractivity contribution < 1.29 is 17.2 Å². The molecule has 0 atom stereocenters. The molecule has 0 fully saturated rings. The van der Waals surface area contributed by atoms with E-state index in [0.29, 0.717) is 16.1 Å². The van der Waals surface area contributed by atoms with Crippen LogP contribution in [0.5, 0.6) is 0 Å². The van der Waals surface area contributed by atoms with Gasteiger partial charge in [-0.15, -0.1) is 0 Å². The Morgan fingerprint density at radius 1 is 1.10 bits per heavy atom. The third-order valence-electron chi connectivity index (χ3n) is 2.68. The van der Waals surface area contributed by atoms with Crippen molar-refractivity contribution in [2.45, 2.75) is 10.6 Å².